The van der Waals surface area contributed by atoms with Crippen LogP contribution in [-0.4, -0.2) is 40.6 Å². The fourth-order valence-corrected chi connectivity index (χ4v) is 3.57. The molecule has 0 radical (unpaired) electrons. The molecule has 1 heterocycles. The normalized spacial score (nSPS) is 27.8. The molecule has 1 aliphatic heterocycles. The number of rotatable bonds is 5. The number of hydrogen-bond donors (Lipinski definition) is 2. The average Bonchev–Trinajstić information content (AvgIpc) is 2.61. The summed E-state index contributed by atoms with van der Waals surface area (Å²) in [6.45, 7) is 8.06. The van der Waals surface area contributed by atoms with Crippen LogP contribution in [0.5, 0.6) is 0 Å². The van der Waals surface area contributed by atoms with Crippen molar-refractivity contribution in [2.75, 3.05) is 20.1 Å². The van der Waals surface area contributed by atoms with E-state index in [0.29, 0.717) is 6.42 Å². The molecule has 2 unspecified atom stereocenters. The largest absolute Gasteiger partial charge is 0.405 e. The molecule has 2 aliphatic rings. The zero-order valence-electron chi connectivity index (χ0n) is 16.2. The zero-order chi connectivity index (χ0) is 18.9. The van der Waals surface area contributed by atoms with Crippen LogP contribution in [0, 0.1) is 5.92 Å². The van der Waals surface area contributed by atoms with E-state index in [9.17, 15) is 5.11 Å². The van der Waals surface area contributed by atoms with Gasteiger partial charge in [0.05, 0.1) is 10.5 Å². The van der Waals surface area contributed by atoms with Gasteiger partial charge in [-0.15, -0.1) is 11.6 Å². The molecule has 0 bridgehead atoms. The lowest BCUT2D eigenvalue weighted by Gasteiger charge is -2.42. The second kappa shape index (κ2) is 10.2. The van der Waals surface area contributed by atoms with Crippen LogP contribution in [0.3, 0.4) is 0 Å². The maximum Gasteiger partial charge on any atom is 0.0956 e. The quantitative estimate of drug-likeness (QED) is 0.560. The Balaban J connectivity index is 0.00000151. The van der Waals surface area contributed by atoms with Crippen LogP contribution < -0.4 is 5.73 Å². The third-order valence-electron chi connectivity index (χ3n) is 5.01. The van der Waals surface area contributed by atoms with Crippen molar-refractivity contribution in [3.05, 3.63) is 48.2 Å². The molecular formula is C21H35ClN2O. The lowest BCUT2D eigenvalue weighted by atomic mass is 9.72. The molecule has 4 heteroatoms. The fraction of sp³-hybridized carbons (Fsp3) is 0.619. The number of aliphatic hydroxyl groups is 1. The summed E-state index contributed by atoms with van der Waals surface area (Å²) < 4.78 is 0. The second-order valence-electron chi connectivity index (χ2n) is 6.99. The van der Waals surface area contributed by atoms with Gasteiger partial charge in [-0.1, -0.05) is 44.2 Å². The summed E-state index contributed by atoms with van der Waals surface area (Å²) in [4.78, 5) is 1.99. The minimum Gasteiger partial charge on any atom is -0.405 e. The zero-order valence-corrected chi connectivity index (χ0v) is 17.0. The molecule has 1 fully saturated rings. The molecule has 2 rings (SSSR count). The first kappa shape index (κ1) is 22.0. The van der Waals surface area contributed by atoms with Gasteiger partial charge in [0.25, 0.3) is 0 Å². The Hall–Kier alpha value is -1.03. The van der Waals surface area contributed by atoms with Crippen LogP contribution in [0.25, 0.3) is 0 Å². The molecule has 25 heavy (non-hydrogen) atoms. The molecule has 142 valence electrons. The van der Waals surface area contributed by atoms with Crippen molar-refractivity contribution in [3.8, 4) is 0 Å². The third-order valence-corrected chi connectivity index (χ3v) is 5.29. The summed E-state index contributed by atoms with van der Waals surface area (Å²) in [6.07, 6.45) is 16.7. The van der Waals surface area contributed by atoms with Crippen molar-refractivity contribution in [1.29, 1.82) is 0 Å². The highest BCUT2D eigenvalue weighted by Crippen LogP contribution is 2.40. The highest BCUT2D eigenvalue weighted by atomic mass is 35.5. The molecule has 0 amide bonds. The Kier molecular flexibility index (Phi) is 8.98. The number of nitrogens with two attached hydrogens (primary N) is 1. The molecular weight excluding hydrogens is 332 g/mol. The van der Waals surface area contributed by atoms with Crippen LogP contribution in [0.4, 0.5) is 0 Å². The van der Waals surface area contributed by atoms with E-state index in [4.69, 9.17) is 17.3 Å². The molecule has 0 aromatic heterocycles. The van der Waals surface area contributed by atoms with E-state index in [1.54, 1.807) is 6.08 Å². The summed E-state index contributed by atoms with van der Waals surface area (Å²) >= 11 is 6.38. The molecule has 1 aliphatic carbocycles. The van der Waals surface area contributed by atoms with Crippen LogP contribution >= 0.6 is 11.6 Å². The molecule has 3 nitrogen and oxygen atoms in total. The maximum atomic E-state index is 11.5. The van der Waals surface area contributed by atoms with Crippen molar-refractivity contribution in [2.45, 2.75) is 56.9 Å². The topological polar surface area (TPSA) is 49.5 Å². The van der Waals surface area contributed by atoms with Crippen molar-refractivity contribution >= 4 is 11.6 Å². The van der Waals surface area contributed by atoms with Gasteiger partial charge in [0.2, 0.25) is 0 Å². The Morgan fingerprint density at radius 1 is 1.36 bits per heavy atom. The van der Waals surface area contributed by atoms with Gasteiger partial charge in [0, 0.05) is 0 Å². The summed E-state index contributed by atoms with van der Waals surface area (Å²) in [7, 11) is 2.14. The van der Waals surface area contributed by atoms with E-state index in [-0.39, 0.29) is 10.8 Å². The predicted molar refractivity (Wildman–Crippen MR) is 110 cm³/mol. The SMILES string of the molecule is CC.CN1CCC(C(O)(C/C=C\C=C/N)C2=CCC(C)(Cl)C=C2)CC1. The number of nitrogens with zero attached hydrogens (tertiary/aromatic N) is 1. The monoisotopic (exact) mass is 366 g/mol. The van der Waals surface area contributed by atoms with E-state index in [1.807, 2.05) is 45.1 Å². The lowest BCUT2D eigenvalue weighted by molar-refractivity contribution is -0.00516. The van der Waals surface area contributed by atoms with Gasteiger partial charge < -0.3 is 15.7 Å². The Morgan fingerprint density at radius 3 is 2.52 bits per heavy atom. The van der Waals surface area contributed by atoms with Crippen molar-refractivity contribution in [1.82, 2.24) is 4.90 Å². The minimum atomic E-state index is -0.829. The lowest BCUT2D eigenvalue weighted by Crippen LogP contribution is -2.45. The minimum absolute atomic E-state index is 0.265. The van der Waals surface area contributed by atoms with Crippen molar-refractivity contribution in [3.63, 3.8) is 0 Å². The van der Waals surface area contributed by atoms with E-state index >= 15 is 0 Å². The van der Waals surface area contributed by atoms with E-state index in [0.717, 1.165) is 37.9 Å². The number of halogens is 1. The summed E-state index contributed by atoms with van der Waals surface area (Å²) in [5, 5.41) is 11.5. The highest BCUT2D eigenvalue weighted by Gasteiger charge is 2.40. The molecule has 1 saturated heterocycles. The first-order valence-electron chi connectivity index (χ1n) is 9.40. The molecule has 0 aromatic rings. The third kappa shape index (κ3) is 6.32. The average molecular weight is 367 g/mol. The van der Waals surface area contributed by atoms with Crippen molar-refractivity contribution < 1.29 is 5.11 Å². The van der Waals surface area contributed by atoms with Crippen LogP contribution in [0.2, 0.25) is 0 Å². The van der Waals surface area contributed by atoms with Crippen LogP contribution in [0.1, 0.15) is 46.5 Å². The number of piperidine rings is 1. The summed E-state index contributed by atoms with van der Waals surface area (Å²) in [5.41, 5.74) is 5.55. The van der Waals surface area contributed by atoms with Gasteiger partial charge in [-0.3, -0.25) is 0 Å². The molecule has 0 spiro atoms. The van der Waals surface area contributed by atoms with Gasteiger partial charge in [-0.25, -0.2) is 0 Å². The van der Waals surface area contributed by atoms with E-state index in [2.05, 4.69) is 18.0 Å². The smallest absolute Gasteiger partial charge is 0.0956 e. The second-order valence-corrected chi connectivity index (χ2v) is 7.86. The first-order valence-corrected chi connectivity index (χ1v) is 9.78. The van der Waals surface area contributed by atoms with Crippen LogP contribution in [-0.2, 0) is 0 Å². The number of allylic oxidation sites excluding steroid dienone is 4. The predicted octanol–water partition coefficient (Wildman–Crippen LogP) is 4.39. The van der Waals surface area contributed by atoms with Crippen LogP contribution in [0.15, 0.2) is 48.2 Å². The van der Waals surface area contributed by atoms with Gasteiger partial charge in [-0.05, 0) is 76.5 Å². The molecule has 0 saturated carbocycles. The van der Waals surface area contributed by atoms with E-state index < -0.39 is 5.60 Å². The Labute approximate surface area is 158 Å². The van der Waals surface area contributed by atoms with Gasteiger partial charge in [0.1, 0.15) is 0 Å². The van der Waals surface area contributed by atoms with Gasteiger partial charge in [-0.2, -0.15) is 0 Å². The number of alkyl halides is 1. The van der Waals surface area contributed by atoms with Gasteiger partial charge >= 0.3 is 0 Å². The molecule has 0 aromatic carbocycles. The highest BCUT2D eigenvalue weighted by molar-refractivity contribution is 6.25. The number of likely N-dealkylation sites (tertiary alicyclic amines) is 1. The number of hydrogen-bond acceptors (Lipinski definition) is 3. The standard InChI is InChI=1S/C19H29ClN2O.C2H6/c1-18(20)11-6-16(7-12-18)19(23,10-4-3-5-13-21)17-8-14-22(2)15-9-17;1-2/h3-7,11,13,17,23H,8-10,12,14-15,21H2,1-2H3;1-2H3/b4-3-,13-5-;. The Morgan fingerprint density at radius 2 is 2.00 bits per heavy atom. The van der Waals surface area contributed by atoms with E-state index in [1.165, 1.54) is 6.20 Å². The summed E-state index contributed by atoms with van der Waals surface area (Å²) in [5.74, 6) is 0.265. The first-order chi connectivity index (χ1) is 11.9. The molecule has 2 atom stereocenters. The molecule has 3 N–H and O–H groups in total. The summed E-state index contributed by atoms with van der Waals surface area (Å²) in [6, 6.07) is 0. The van der Waals surface area contributed by atoms with Gasteiger partial charge in [0.15, 0.2) is 0 Å². The van der Waals surface area contributed by atoms with Crippen molar-refractivity contribution in [2.24, 2.45) is 11.7 Å². The Bertz CT molecular complexity index is 514. The maximum absolute atomic E-state index is 11.5. The fourth-order valence-electron chi connectivity index (χ4n) is 3.43.